The van der Waals surface area contributed by atoms with E-state index in [1.54, 1.807) is 0 Å². The molecule has 1 fully saturated rings. The maximum Gasteiger partial charge on any atom is 0.0688 e. The first kappa shape index (κ1) is 14.6. The van der Waals surface area contributed by atoms with Crippen LogP contribution in [0.3, 0.4) is 0 Å². The van der Waals surface area contributed by atoms with Gasteiger partial charge in [-0.3, -0.25) is 0 Å². The lowest BCUT2D eigenvalue weighted by Crippen LogP contribution is -2.37. The first-order valence-corrected chi connectivity index (χ1v) is 7.52. The monoisotopic (exact) mass is 235 g/mol. The first-order valence-electron chi connectivity index (χ1n) is 7.52. The van der Waals surface area contributed by atoms with Crippen molar-refractivity contribution in [1.29, 1.82) is 0 Å². The Hall–Kier alpha value is -0.480. The van der Waals surface area contributed by atoms with E-state index in [-0.39, 0.29) is 0 Å². The number of nitrogens with one attached hydrogen (secondary N) is 1. The van der Waals surface area contributed by atoms with Crippen molar-refractivity contribution in [1.82, 2.24) is 5.32 Å². The molecule has 1 N–H and O–H groups in total. The third-order valence-corrected chi connectivity index (χ3v) is 4.00. The van der Waals surface area contributed by atoms with Gasteiger partial charge in [0.1, 0.15) is 0 Å². The van der Waals surface area contributed by atoms with Gasteiger partial charge in [-0.25, -0.2) is 0 Å². The van der Waals surface area contributed by atoms with Crippen molar-refractivity contribution in [2.24, 2.45) is 5.92 Å². The Bertz CT molecular complexity index is 228. The zero-order valence-electron chi connectivity index (χ0n) is 11.7. The molecule has 0 heterocycles. The molecule has 0 bridgehead atoms. The third-order valence-electron chi connectivity index (χ3n) is 4.00. The Morgan fingerprint density at radius 3 is 2.65 bits per heavy atom. The Kier molecular flexibility index (Phi) is 7.37. The van der Waals surface area contributed by atoms with E-state index in [0.717, 1.165) is 12.3 Å². The van der Waals surface area contributed by atoms with Gasteiger partial charge in [0.05, 0.1) is 6.04 Å². The SMILES string of the molecule is C#CC(CCC)NC1CCCC(CCC)CC1. The van der Waals surface area contributed by atoms with Crippen LogP contribution in [-0.2, 0) is 0 Å². The molecule has 1 nitrogen and oxygen atoms in total. The molecule has 0 aromatic heterocycles. The Morgan fingerprint density at radius 1 is 1.18 bits per heavy atom. The molecule has 17 heavy (non-hydrogen) atoms. The average Bonchev–Trinajstić information content (AvgIpc) is 2.55. The summed E-state index contributed by atoms with van der Waals surface area (Å²) in [4.78, 5) is 0. The predicted octanol–water partition coefficient (Wildman–Crippen LogP) is 4.13. The minimum absolute atomic E-state index is 0.299. The standard InChI is InChI=1S/C16H29N/c1-4-8-14-10-7-11-16(13-12-14)17-15(6-3)9-5-2/h3,14-17H,4-5,7-13H2,1-2H3. The second-order valence-electron chi connectivity index (χ2n) is 5.53. The maximum absolute atomic E-state index is 5.58. The van der Waals surface area contributed by atoms with E-state index in [0.29, 0.717) is 12.1 Å². The zero-order chi connectivity index (χ0) is 12.5. The van der Waals surface area contributed by atoms with Crippen LogP contribution in [0.5, 0.6) is 0 Å². The van der Waals surface area contributed by atoms with Crippen LogP contribution in [0.15, 0.2) is 0 Å². The molecule has 0 saturated heterocycles. The lowest BCUT2D eigenvalue weighted by atomic mass is 9.95. The van der Waals surface area contributed by atoms with Crippen LogP contribution in [-0.4, -0.2) is 12.1 Å². The molecule has 0 spiro atoms. The van der Waals surface area contributed by atoms with E-state index in [9.17, 15) is 0 Å². The van der Waals surface area contributed by atoms with Gasteiger partial charge < -0.3 is 5.32 Å². The fourth-order valence-electron chi connectivity index (χ4n) is 3.03. The van der Waals surface area contributed by atoms with Crippen molar-refractivity contribution in [3.63, 3.8) is 0 Å². The van der Waals surface area contributed by atoms with Crippen molar-refractivity contribution < 1.29 is 0 Å². The highest BCUT2D eigenvalue weighted by Gasteiger charge is 2.19. The van der Waals surface area contributed by atoms with Crippen LogP contribution in [0.2, 0.25) is 0 Å². The molecular formula is C16H29N. The summed E-state index contributed by atoms with van der Waals surface area (Å²) >= 11 is 0. The third kappa shape index (κ3) is 5.59. The van der Waals surface area contributed by atoms with Gasteiger partial charge in [0.25, 0.3) is 0 Å². The van der Waals surface area contributed by atoms with Crippen molar-refractivity contribution in [2.45, 2.75) is 83.7 Å². The largest absolute Gasteiger partial charge is 0.301 e. The molecule has 0 aliphatic heterocycles. The molecule has 3 atom stereocenters. The number of rotatable bonds is 6. The molecular weight excluding hydrogens is 206 g/mol. The lowest BCUT2D eigenvalue weighted by Gasteiger charge is -2.21. The normalized spacial score (nSPS) is 27.1. The highest BCUT2D eigenvalue weighted by Crippen LogP contribution is 2.26. The summed E-state index contributed by atoms with van der Waals surface area (Å²) in [7, 11) is 0. The lowest BCUT2D eigenvalue weighted by molar-refractivity contribution is 0.396. The molecule has 1 saturated carbocycles. The molecule has 0 aromatic carbocycles. The fraction of sp³-hybridized carbons (Fsp3) is 0.875. The Morgan fingerprint density at radius 2 is 2.00 bits per heavy atom. The molecule has 0 radical (unpaired) electrons. The minimum Gasteiger partial charge on any atom is -0.301 e. The van der Waals surface area contributed by atoms with Crippen molar-refractivity contribution >= 4 is 0 Å². The smallest absolute Gasteiger partial charge is 0.0688 e. The molecule has 0 aromatic rings. The highest BCUT2D eigenvalue weighted by atomic mass is 14.9. The molecule has 3 unspecified atom stereocenters. The maximum atomic E-state index is 5.58. The molecule has 1 heteroatoms. The van der Waals surface area contributed by atoms with Gasteiger partial charge in [-0.05, 0) is 31.6 Å². The molecule has 1 rings (SSSR count). The van der Waals surface area contributed by atoms with Crippen LogP contribution in [0, 0.1) is 18.3 Å². The summed E-state index contributed by atoms with van der Waals surface area (Å²) < 4.78 is 0. The van der Waals surface area contributed by atoms with Gasteiger partial charge in [-0.15, -0.1) is 6.42 Å². The number of hydrogen-bond donors (Lipinski definition) is 1. The van der Waals surface area contributed by atoms with E-state index in [1.165, 1.54) is 51.4 Å². The summed E-state index contributed by atoms with van der Waals surface area (Å²) in [6.07, 6.45) is 17.5. The summed E-state index contributed by atoms with van der Waals surface area (Å²) in [6, 6.07) is 0.970. The van der Waals surface area contributed by atoms with Crippen molar-refractivity contribution in [3.8, 4) is 12.3 Å². The van der Waals surface area contributed by atoms with Crippen LogP contribution < -0.4 is 5.32 Å². The average molecular weight is 235 g/mol. The van der Waals surface area contributed by atoms with Crippen molar-refractivity contribution in [3.05, 3.63) is 0 Å². The topological polar surface area (TPSA) is 12.0 Å². The second-order valence-corrected chi connectivity index (χ2v) is 5.53. The van der Waals surface area contributed by atoms with E-state index in [2.05, 4.69) is 25.1 Å². The van der Waals surface area contributed by atoms with Crippen LogP contribution in [0.4, 0.5) is 0 Å². The van der Waals surface area contributed by atoms with Crippen LogP contribution in [0.1, 0.15) is 71.6 Å². The summed E-state index contributed by atoms with van der Waals surface area (Å²) in [6.45, 7) is 4.51. The summed E-state index contributed by atoms with van der Waals surface area (Å²) in [5.41, 5.74) is 0. The van der Waals surface area contributed by atoms with E-state index >= 15 is 0 Å². The predicted molar refractivity (Wildman–Crippen MR) is 75.9 cm³/mol. The Balaban J connectivity index is 2.33. The van der Waals surface area contributed by atoms with Crippen LogP contribution >= 0.6 is 0 Å². The van der Waals surface area contributed by atoms with Gasteiger partial charge in [0.2, 0.25) is 0 Å². The quantitative estimate of drug-likeness (QED) is 0.539. The molecule has 1 aliphatic rings. The molecule has 0 amide bonds. The van der Waals surface area contributed by atoms with Gasteiger partial charge in [-0.2, -0.15) is 0 Å². The van der Waals surface area contributed by atoms with E-state index in [1.807, 2.05) is 0 Å². The zero-order valence-corrected chi connectivity index (χ0v) is 11.7. The fourth-order valence-corrected chi connectivity index (χ4v) is 3.03. The van der Waals surface area contributed by atoms with E-state index < -0.39 is 0 Å². The highest BCUT2D eigenvalue weighted by molar-refractivity contribution is 4.99. The number of hydrogen-bond acceptors (Lipinski definition) is 1. The van der Waals surface area contributed by atoms with Crippen molar-refractivity contribution in [2.75, 3.05) is 0 Å². The van der Waals surface area contributed by atoms with Gasteiger partial charge >= 0.3 is 0 Å². The Labute approximate surface area is 108 Å². The minimum atomic E-state index is 0.299. The van der Waals surface area contributed by atoms with Gasteiger partial charge in [0, 0.05) is 6.04 Å². The second kappa shape index (κ2) is 8.59. The molecule has 1 aliphatic carbocycles. The first-order chi connectivity index (χ1) is 8.30. The molecule has 98 valence electrons. The number of terminal acetylenes is 1. The van der Waals surface area contributed by atoms with E-state index in [4.69, 9.17) is 6.42 Å². The van der Waals surface area contributed by atoms with Crippen LogP contribution in [0.25, 0.3) is 0 Å². The summed E-state index contributed by atoms with van der Waals surface area (Å²) in [5, 5.41) is 3.67. The van der Waals surface area contributed by atoms with Gasteiger partial charge in [-0.1, -0.05) is 51.9 Å². The van der Waals surface area contributed by atoms with Gasteiger partial charge in [0.15, 0.2) is 0 Å². The summed E-state index contributed by atoms with van der Waals surface area (Å²) in [5.74, 6) is 3.87.